The number of rotatable bonds is 5. The summed E-state index contributed by atoms with van der Waals surface area (Å²) in [5.41, 5.74) is 0. The molecule has 18 heavy (non-hydrogen) atoms. The van der Waals surface area contributed by atoms with Crippen LogP contribution < -0.4 is 0 Å². The van der Waals surface area contributed by atoms with Gasteiger partial charge in [-0.1, -0.05) is 37.9 Å². The molecule has 0 amide bonds. The quantitative estimate of drug-likeness (QED) is 0.832. The number of thioether (sulfide) groups is 1. The van der Waals surface area contributed by atoms with Gasteiger partial charge in [-0.15, -0.1) is 10.2 Å². The first-order chi connectivity index (χ1) is 8.72. The van der Waals surface area contributed by atoms with Crippen molar-refractivity contribution in [3.63, 3.8) is 0 Å². The van der Waals surface area contributed by atoms with Gasteiger partial charge in [-0.05, 0) is 18.8 Å². The van der Waals surface area contributed by atoms with Crippen LogP contribution in [0, 0.1) is 5.92 Å². The van der Waals surface area contributed by atoms with Crippen LogP contribution in [-0.2, 0) is 4.79 Å². The number of hydrogen-bond acceptors (Lipinski definition) is 4. The molecule has 1 heterocycles. The molecule has 1 aromatic heterocycles. The average molecular weight is 269 g/mol. The van der Waals surface area contributed by atoms with E-state index < -0.39 is 5.97 Å². The topological polar surface area (TPSA) is 68.0 Å². The SMILES string of the molecule is CCC1CCCCC1n1cnnc1SCC(=O)O. The molecule has 0 bridgehead atoms. The number of carbonyl (C=O) groups is 1. The van der Waals surface area contributed by atoms with E-state index in [2.05, 4.69) is 21.7 Å². The molecular weight excluding hydrogens is 250 g/mol. The Morgan fingerprint density at radius 2 is 2.33 bits per heavy atom. The maximum Gasteiger partial charge on any atom is 0.313 e. The summed E-state index contributed by atoms with van der Waals surface area (Å²) in [6.45, 7) is 2.22. The maximum atomic E-state index is 10.6. The van der Waals surface area contributed by atoms with Crippen molar-refractivity contribution in [3.8, 4) is 0 Å². The number of hydrogen-bond donors (Lipinski definition) is 1. The first-order valence-corrected chi connectivity index (χ1v) is 7.45. The summed E-state index contributed by atoms with van der Waals surface area (Å²) in [5, 5.41) is 17.5. The monoisotopic (exact) mass is 269 g/mol. The summed E-state index contributed by atoms with van der Waals surface area (Å²) in [4.78, 5) is 10.6. The molecule has 0 radical (unpaired) electrons. The highest BCUT2D eigenvalue weighted by Crippen LogP contribution is 2.37. The largest absolute Gasteiger partial charge is 0.481 e. The lowest BCUT2D eigenvalue weighted by Crippen LogP contribution is -2.23. The van der Waals surface area contributed by atoms with Crippen LogP contribution >= 0.6 is 11.8 Å². The number of carboxylic acid groups (broad SMARTS) is 1. The molecule has 100 valence electrons. The van der Waals surface area contributed by atoms with E-state index in [0.29, 0.717) is 12.0 Å². The molecule has 0 aliphatic heterocycles. The standard InChI is InChI=1S/C12H19N3O2S/c1-2-9-5-3-4-6-10(9)15-8-13-14-12(15)18-7-11(16)17/h8-10H,2-7H2,1H3,(H,16,17). The van der Waals surface area contributed by atoms with Crippen molar-refractivity contribution in [2.75, 3.05) is 5.75 Å². The zero-order chi connectivity index (χ0) is 13.0. The molecule has 1 saturated carbocycles. The molecule has 1 fully saturated rings. The summed E-state index contributed by atoms with van der Waals surface area (Å²) in [7, 11) is 0. The van der Waals surface area contributed by atoms with Crippen molar-refractivity contribution in [1.82, 2.24) is 14.8 Å². The van der Waals surface area contributed by atoms with E-state index in [1.165, 1.54) is 31.0 Å². The molecule has 1 aliphatic carbocycles. The van der Waals surface area contributed by atoms with E-state index >= 15 is 0 Å². The second-order valence-corrected chi connectivity index (χ2v) is 5.67. The molecule has 1 N–H and O–H groups in total. The molecule has 5 nitrogen and oxygen atoms in total. The molecule has 1 aliphatic rings. The molecule has 0 spiro atoms. The molecule has 2 rings (SSSR count). The van der Waals surface area contributed by atoms with Crippen LogP contribution in [0.2, 0.25) is 0 Å². The predicted octanol–water partition coefficient (Wildman–Crippen LogP) is 2.60. The molecule has 2 unspecified atom stereocenters. The van der Waals surface area contributed by atoms with Crippen molar-refractivity contribution < 1.29 is 9.90 Å². The fourth-order valence-electron chi connectivity index (χ4n) is 2.72. The van der Waals surface area contributed by atoms with Gasteiger partial charge in [0.25, 0.3) is 0 Å². The van der Waals surface area contributed by atoms with E-state index in [0.717, 1.165) is 18.0 Å². The number of aromatic nitrogens is 3. The van der Waals surface area contributed by atoms with Crippen molar-refractivity contribution in [1.29, 1.82) is 0 Å². The fraction of sp³-hybridized carbons (Fsp3) is 0.750. The first-order valence-electron chi connectivity index (χ1n) is 6.46. The number of carboxylic acids is 1. The molecule has 0 saturated heterocycles. The lowest BCUT2D eigenvalue weighted by Gasteiger charge is -2.32. The van der Waals surface area contributed by atoms with Gasteiger partial charge >= 0.3 is 5.97 Å². The van der Waals surface area contributed by atoms with Gasteiger partial charge in [-0.2, -0.15) is 0 Å². The third kappa shape index (κ3) is 3.04. The Kier molecular flexibility index (Phi) is 4.63. The van der Waals surface area contributed by atoms with Gasteiger partial charge in [-0.3, -0.25) is 4.79 Å². The van der Waals surface area contributed by atoms with Crippen molar-refractivity contribution in [2.45, 2.75) is 50.2 Å². The minimum absolute atomic E-state index is 0.0439. The van der Waals surface area contributed by atoms with E-state index in [-0.39, 0.29) is 5.75 Å². The number of aliphatic carboxylic acids is 1. The Balaban J connectivity index is 2.11. The second-order valence-electron chi connectivity index (χ2n) is 4.72. The van der Waals surface area contributed by atoms with Gasteiger partial charge in [0, 0.05) is 6.04 Å². The Hall–Kier alpha value is -1.04. The zero-order valence-corrected chi connectivity index (χ0v) is 11.4. The zero-order valence-electron chi connectivity index (χ0n) is 10.6. The van der Waals surface area contributed by atoms with Gasteiger partial charge in [0.05, 0.1) is 5.75 Å². The Bertz CT molecular complexity index is 408. The van der Waals surface area contributed by atoms with Crippen LogP contribution in [-0.4, -0.2) is 31.6 Å². The highest BCUT2D eigenvalue weighted by molar-refractivity contribution is 7.99. The normalized spacial score (nSPS) is 24.1. The van der Waals surface area contributed by atoms with Gasteiger partial charge < -0.3 is 9.67 Å². The lowest BCUT2D eigenvalue weighted by molar-refractivity contribution is -0.133. The highest BCUT2D eigenvalue weighted by Gasteiger charge is 2.27. The molecule has 1 aromatic rings. The fourth-order valence-corrected chi connectivity index (χ4v) is 3.41. The van der Waals surface area contributed by atoms with E-state index in [1.54, 1.807) is 6.33 Å². The summed E-state index contributed by atoms with van der Waals surface area (Å²) in [6, 6.07) is 0.440. The van der Waals surface area contributed by atoms with Gasteiger partial charge in [-0.25, -0.2) is 0 Å². The molecular formula is C12H19N3O2S. The molecule has 6 heteroatoms. The van der Waals surface area contributed by atoms with Crippen LogP contribution in [0.1, 0.15) is 45.1 Å². The van der Waals surface area contributed by atoms with Crippen LogP contribution in [0.3, 0.4) is 0 Å². The van der Waals surface area contributed by atoms with Gasteiger partial charge in [0.2, 0.25) is 0 Å². The Labute approximate surface area is 111 Å². The van der Waals surface area contributed by atoms with Gasteiger partial charge in [0.1, 0.15) is 6.33 Å². The smallest absolute Gasteiger partial charge is 0.313 e. The Morgan fingerprint density at radius 1 is 1.56 bits per heavy atom. The van der Waals surface area contributed by atoms with Crippen molar-refractivity contribution >= 4 is 17.7 Å². The second kappa shape index (κ2) is 6.22. The van der Waals surface area contributed by atoms with E-state index in [4.69, 9.17) is 5.11 Å². The van der Waals surface area contributed by atoms with E-state index in [1.807, 2.05) is 0 Å². The Morgan fingerprint density at radius 3 is 3.06 bits per heavy atom. The number of nitrogens with zero attached hydrogens (tertiary/aromatic N) is 3. The minimum Gasteiger partial charge on any atom is -0.481 e. The highest BCUT2D eigenvalue weighted by atomic mass is 32.2. The predicted molar refractivity (Wildman–Crippen MR) is 69.7 cm³/mol. The minimum atomic E-state index is -0.815. The van der Waals surface area contributed by atoms with Gasteiger partial charge in [0.15, 0.2) is 5.16 Å². The average Bonchev–Trinajstić information content (AvgIpc) is 2.84. The maximum absolute atomic E-state index is 10.6. The summed E-state index contributed by atoms with van der Waals surface area (Å²) in [6.07, 6.45) is 7.85. The molecule has 2 atom stereocenters. The van der Waals surface area contributed by atoms with Crippen molar-refractivity contribution in [2.24, 2.45) is 5.92 Å². The summed E-state index contributed by atoms with van der Waals surface area (Å²) >= 11 is 1.26. The van der Waals surface area contributed by atoms with Crippen molar-refractivity contribution in [3.05, 3.63) is 6.33 Å². The summed E-state index contributed by atoms with van der Waals surface area (Å²) < 4.78 is 2.08. The van der Waals surface area contributed by atoms with Crippen LogP contribution in [0.15, 0.2) is 11.5 Å². The lowest BCUT2D eigenvalue weighted by atomic mass is 9.83. The van der Waals surface area contributed by atoms with Crippen LogP contribution in [0.4, 0.5) is 0 Å². The first kappa shape index (κ1) is 13.4. The third-order valence-corrected chi connectivity index (χ3v) is 4.56. The third-order valence-electron chi connectivity index (χ3n) is 3.62. The summed E-state index contributed by atoms with van der Waals surface area (Å²) in [5.74, 6) is -0.105. The van der Waals surface area contributed by atoms with E-state index in [9.17, 15) is 4.79 Å². The molecule has 0 aromatic carbocycles. The van der Waals surface area contributed by atoms with Crippen LogP contribution in [0.25, 0.3) is 0 Å². The van der Waals surface area contributed by atoms with Crippen LogP contribution in [0.5, 0.6) is 0 Å².